The Morgan fingerprint density at radius 1 is 1.24 bits per heavy atom. The van der Waals surface area contributed by atoms with Crippen molar-refractivity contribution in [1.29, 1.82) is 0 Å². The number of benzene rings is 1. The van der Waals surface area contributed by atoms with Crippen molar-refractivity contribution in [2.45, 2.75) is 25.6 Å². The van der Waals surface area contributed by atoms with Gasteiger partial charge in [0, 0.05) is 37.8 Å². The standard InChI is InChI=1S/C15H21F3N2O/c1-2-21-14-6-4-3-5-12(14)13(11-15(16,17)18)20-9-7-19-8-10-20/h3-6,13,19H,2,7-11H2,1H3/t13-/m1/s1. The lowest BCUT2D eigenvalue weighted by Gasteiger charge is -2.36. The first-order valence-corrected chi connectivity index (χ1v) is 7.24. The average molecular weight is 302 g/mol. The number of nitrogens with zero attached hydrogens (tertiary/aromatic N) is 1. The van der Waals surface area contributed by atoms with Gasteiger partial charge < -0.3 is 10.1 Å². The van der Waals surface area contributed by atoms with Crippen LogP contribution in [0.15, 0.2) is 24.3 Å². The Morgan fingerprint density at radius 3 is 2.52 bits per heavy atom. The quantitative estimate of drug-likeness (QED) is 0.905. The van der Waals surface area contributed by atoms with E-state index >= 15 is 0 Å². The van der Waals surface area contributed by atoms with Crippen LogP contribution < -0.4 is 10.1 Å². The predicted octanol–water partition coefficient (Wildman–Crippen LogP) is 2.98. The van der Waals surface area contributed by atoms with Crippen LogP contribution in [0.2, 0.25) is 0 Å². The monoisotopic (exact) mass is 302 g/mol. The van der Waals surface area contributed by atoms with Gasteiger partial charge in [-0.1, -0.05) is 18.2 Å². The van der Waals surface area contributed by atoms with Gasteiger partial charge >= 0.3 is 6.18 Å². The molecule has 1 aromatic carbocycles. The molecule has 1 atom stereocenters. The number of halogens is 3. The first-order valence-electron chi connectivity index (χ1n) is 7.24. The fourth-order valence-corrected chi connectivity index (χ4v) is 2.69. The molecule has 118 valence electrons. The molecule has 0 spiro atoms. The van der Waals surface area contributed by atoms with E-state index in [4.69, 9.17) is 4.74 Å². The molecule has 1 aromatic rings. The molecular weight excluding hydrogens is 281 g/mol. The van der Waals surface area contributed by atoms with Crippen molar-refractivity contribution in [3.8, 4) is 5.75 Å². The summed E-state index contributed by atoms with van der Waals surface area (Å²) in [5, 5.41) is 3.17. The van der Waals surface area contributed by atoms with Crippen molar-refractivity contribution in [1.82, 2.24) is 10.2 Å². The molecule has 1 N–H and O–H groups in total. The van der Waals surface area contributed by atoms with Crippen molar-refractivity contribution < 1.29 is 17.9 Å². The normalized spacial score (nSPS) is 18.5. The largest absolute Gasteiger partial charge is 0.494 e. The summed E-state index contributed by atoms with van der Waals surface area (Å²) in [6, 6.07) is 6.35. The molecule has 0 amide bonds. The number of alkyl halides is 3. The molecule has 1 aliphatic rings. The van der Waals surface area contributed by atoms with E-state index in [-0.39, 0.29) is 0 Å². The Balaban J connectivity index is 2.29. The van der Waals surface area contributed by atoms with Gasteiger partial charge in [0.15, 0.2) is 0 Å². The van der Waals surface area contributed by atoms with Crippen LogP contribution in [0.25, 0.3) is 0 Å². The van der Waals surface area contributed by atoms with Crippen molar-refractivity contribution >= 4 is 0 Å². The maximum Gasteiger partial charge on any atom is 0.390 e. The second-order valence-electron chi connectivity index (χ2n) is 5.09. The Hall–Kier alpha value is -1.27. The van der Waals surface area contributed by atoms with E-state index in [2.05, 4.69) is 5.32 Å². The van der Waals surface area contributed by atoms with E-state index in [1.165, 1.54) is 0 Å². The van der Waals surface area contributed by atoms with Gasteiger partial charge in [-0.3, -0.25) is 4.90 Å². The first-order chi connectivity index (χ1) is 10.0. The SMILES string of the molecule is CCOc1ccccc1[C@@H](CC(F)(F)F)N1CCNCC1. The molecule has 0 aliphatic carbocycles. The van der Waals surface area contributed by atoms with E-state index in [1.54, 1.807) is 24.3 Å². The zero-order valence-corrected chi connectivity index (χ0v) is 12.1. The minimum atomic E-state index is -4.20. The van der Waals surface area contributed by atoms with Gasteiger partial charge in [-0.2, -0.15) is 13.2 Å². The second-order valence-corrected chi connectivity index (χ2v) is 5.09. The molecule has 0 saturated carbocycles. The van der Waals surface area contributed by atoms with E-state index in [0.717, 1.165) is 0 Å². The molecule has 3 nitrogen and oxygen atoms in total. The molecule has 21 heavy (non-hydrogen) atoms. The molecule has 0 bridgehead atoms. The summed E-state index contributed by atoms with van der Waals surface area (Å²) in [5.74, 6) is 0.549. The Morgan fingerprint density at radius 2 is 1.90 bits per heavy atom. The minimum absolute atomic E-state index is 0.442. The Kier molecular flexibility index (Phi) is 5.47. The van der Waals surface area contributed by atoms with Gasteiger partial charge in [-0.05, 0) is 13.0 Å². The zero-order valence-electron chi connectivity index (χ0n) is 12.1. The molecular formula is C15H21F3N2O. The lowest BCUT2D eigenvalue weighted by atomic mass is 9.99. The van der Waals surface area contributed by atoms with Gasteiger partial charge in [0.25, 0.3) is 0 Å². The van der Waals surface area contributed by atoms with Crippen LogP contribution >= 0.6 is 0 Å². The van der Waals surface area contributed by atoms with E-state index in [9.17, 15) is 13.2 Å². The van der Waals surface area contributed by atoms with Gasteiger partial charge in [0.05, 0.1) is 13.0 Å². The third-order valence-electron chi connectivity index (χ3n) is 3.60. The summed E-state index contributed by atoms with van der Waals surface area (Å²) >= 11 is 0. The topological polar surface area (TPSA) is 24.5 Å². The van der Waals surface area contributed by atoms with Gasteiger partial charge in [0.2, 0.25) is 0 Å². The number of nitrogens with one attached hydrogen (secondary N) is 1. The number of hydrogen-bond acceptors (Lipinski definition) is 3. The fraction of sp³-hybridized carbons (Fsp3) is 0.600. The highest BCUT2D eigenvalue weighted by molar-refractivity contribution is 5.36. The van der Waals surface area contributed by atoms with Crippen LogP contribution in [0.5, 0.6) is 5.75 Å². The third kappa shape index (κ3) is 4.61. The summed E-state index contributed by atoms with van der Waals surface area (Å²) in [4.78, 5) is 1.89. The minimum Gasteiger partial charge on any atom is -0.494 e. The smallest absolute Gasteiger partial charge is 0.390 e. The molecule has 0 radical (unpaired) electrons. The highest BCUT2D eigenvalue weighted by atomic mass is 19.4. The number of rotatable bonds is 5. The predicted molar refractivity (Wildman–Crippen MR) is 75.5 cm³/mol. The molecule has 6 heteroatoms. The Bertz CT molecular complexity index is 445. The van der Waals surface area contributed by atoms with Crippen LogP contribution in [0, 0.1) is 0 Å². The summed E-state index contributed by atoms with van der Waals surface area (Å²) in [5.41, 5.74) is 0.624. The van der Waals surface area contributed by atoms with E-state index < -0.39 is 18.6 Å². The van der Waals surface area contributed by atoms with Crippen LogP contribution in [-0.2, 0) is 0 Å². The number of para-hydroxylation sites is 1. The fourth-order valence-electron chi connectivity index (χ4n) is 2.69. The third-order valence-corrected chi connectivity index (χ3v) is 3.60. The summed E-state index contributed by atoms with van der Waals surface area (Å²) in [6.45, 7) is 4.93. The first kappa shape index (κ1) is 16.1. The highest BCUT2D eigenvalue weighted by Gasteiger charge is 2.37. The van der Waals surface area contributed by atoms with Gasteiger partial charge in [0.1, 0.15) is 5.75 Å². The molecule has 0 aromatic heterocycles. The zero-order chi connectivity index (χ0) is 15.3. The van der Waals surface area contributed by atoms with Crippen LogP contribution in [0.4, 0.5) is 13.2 Å². The highest BCUT2D eigenvalue weighted by Crippen LogP contribution is 2.37. The van der Waals surface area contributed by atoms with Gasteiger partial charge in [-0.25, -0.2) is 0 Å². The molecule has 1 heterocycles. The number of piperazine rings is 1. The van der Waals surface area contributed by atoms with Crippen LogP contribution in [0.1, 0.15) is 24.9 Å². The maximum atomic E-state index is 13.0. The summed E-state index contributed by atoms with van der Waals surface area (Å²) < 4.78 is 44.5. The molecule has 1 saturated heterocycles. The number of ether oxygens (including phenoxy) is 1. The Labute approximate surface area is 123 Å². The van der Waals surface area contributed by atoms with E-state index in [1.807, 2.05) is 11.8 Å². The van der Waals surface area contributed by atoms with Crippen molar-refractivity contribution in [2.75, 3.05) is 32.8 Å². The van der Waals surface area contributed by atoms with Crippen molar-refractivity contribution in [3.05, 3.63) is 29.8 Å². The number of hydrogen-bond donors (Lipinski definition) is 1. The van der Waals surface area contributed by atoms with Gasteiger partial charge in [-0.15, -0.1) is 0 Å². The summed E-state index contributed by atoms with van der Waals surface area (Å²) in [7, 11) is 0. The average Bonchev–Trinajstić information content (AvgIpc) is 2.46. The summed E-state index contributed by atoms with van der Waals surface area (Å²) in [6.07, 6.45) is -5.05. The molecule has 1 aliphatic heterocycles. The molecule has 1 fully saturated rings. The lowest BCUT2D eigenvalue weighted by Crippen LogP contribution is -2.46. The van der Waals surface area contributed by atoms with Crippen molar-refractivity contribution in [2.24, 2.45) is 0 Å². The lowest BCUT2D eigenvalue weighted by molar-refractivity contribution is -0.148. The maximum absolute atomic E-state index is 13.0. The van der Waals surface area contributed by atoms with Crippen LogP contribution in [-0.4, -0.2) is 43.9 Å². The van der Waals surface area contributed by atoms with Crippen LogP contribution in [0.3, 0.4) is 0 Å². The van der Waals surface area contributed by atoms with Crippen molar-refractivity contribution in [3.63, 3.8) is 0 Å². The van der Waals surface area contributed by atoms with E-state index in [0.29, 0.717) is 44.1 Å². The second kappa shape index (κ2) is 7.13. The molecule has 2 rings (SSSR count). The molecule has 0 unspecified atom stereocenters.